The first-order chi connectivity index (χ1) is 9.10. The average Bonchev–Trinajstić information content (AvgIpc) is 2.85. The van der Waals surface area contributed by atoms with Crippen LogP contribution < -0.4 is 5.32 Å². The Balaban J connectivity index is 2.05. The summed E-state index contributed by atoms with van der Waals surface area (Å²) in [5.41, 5.74) is 2.02. The Hall–Kier alpha value is -2.17. The molecule has 1 atom stereocenters. The molecule has 0 fully saturated rings. The van der Waals surface area contributed by atoms with Crippen molar-refractivity contribution in [2.45, 2.75) is 33.1 Å². The molecule has 19 heavy (non-hydrogen) atoms. The Morgan fingerprint density at radius 2 is 2.05 bits per heavy atom. The lowest BCUT2D eigenvalue weighted by atomic mass is 9.99. The van der Waals surface area contributed by atoms with Crippen LogP contribution in [0.4, 0.5) is 5.69 Å². The van der Waals surface area contributed by atoms with Crippen LogP contribution in [0, 0.1) is 6.92 Å². The summed E-state index contributed by atoms with van der Waals surface area (Å²) >= 11 is 0. The van der Waals surface area contributed by atoms with Gasteiger partial charge in [-0.1, -0.05) is 26.0 Å². The SMILES string of the molecule is CCC(C)c1ccc(NC(=O)c2n[nH]c(C)n2)cc1. The number of rotatable bonds is 4. The molecule has 1 aromatic heterocycles. The summed E-state index contributed by atoms with van der Waals surface area (Å²) in [5.74, 6) is 1.00. The van der Waals surface area contributed by atoms with Crippen LogP contribution in [-0.2, 0) is 0 Å². The van der Waals surface area contributed by atoms with Crippen molar-refractivity contribution in [2.75, 3.05) is 5.32 Å². The van der Waals surface area contributed by atoms with Gasteiger partial charge in [-0.2, -0.15) is 0 Å². The van der Waals surface area contributed by atoms with Gasteiger partial charge in [0.2, 0.25) is 5.82 Å². The molecule has 2 rings (SSSR count). The fourth-order valence-electron chi connectivity index (χ4n) is 1.76. The molecule has 1 aromatic carbocycles. The van der Waals surface area contributed by atoms with Gasteiger partial charge in [-0.15, -0.1) is 5.10 Å². The second kappa shape index (κ2) is 5.65. The minimum absolute atomic E-state index is 0.156. The van der Waals surface area contributed by atoms with Crippen LogP contribution in [0.3, 0.4) is 0 Å². The van der Waals surface area contributed by atoms with E-state index in [0.717, 1.165) is 12.1 Å². The molecule has 0 aliphatic rings. The molecule has 5 nitrogen and oxygen atoms in total. The molecule has 0 radical (unpaired) electrons. The summed E-state index contributed by atoms with van der Waals surface area (Å²) in [6.07, 6.45) is 1.10. The fraction of sp³-hybridized carbons (Fsp3) is 0.357. The maximum Gasteiger partial charge on any atom is 0.295 e. The molecular weight excluding hydrogens is 240 g/mol. The number of aryl methyl sites for hydroxylation is 1. The van der Waals surface area contributed by atoms with Gasteiger partial charge in [-0.05, 0) is 37.0 Å². The van der Waals surface area contributed by atoms with Gasteiger partial charge in [0.15, 0.2) is 0 Å². The minimum atomic E-state index is -0.305. The molecule has 0 saturated carbocycles. The highest BCUT2D eigenvalue weighted by atomic mass is 16.2. The maximum atomic E-state index is 11.8. The standard InChI is InChI=1S/C14H18N4O/c1-4-9(2)11-5-7-12(8-6-11)16-14(19)13-15-10(3)17-18-13/h5-9H,4H2,1-3H3,(H,16,19)(H,15,17,18). The van der Waals surface area contributed by atoms with Crippen LogP contribution >= 0.6 is 0 Å². The topological polar surface area (TPSA) is 70.7 Å². The van der Waals surface area contributed by atoms with Gasteiger partial charge < -0.3 is 5.32 Å². The van der Waals surface area contributed by atoms with Crippen molar-refractivity contribution in [3.63, 3.8) is 0 Å². The van der Waals surface area contributed by atoms with Gasteiger partial charge in [0, 0.05) is 5.69 Å². The third-order valence-corrected chi connectivity index (χ3v) is 3.15. The van der Waals surface area contributed by atoms with Crippen LogP contribution in [-0.4, -0.2) is 21.1 Å². The first-order valence-electron chi connectivity index (χ1n) is 6.40. The van der Waals surface area contributed by atoms with E-state index in [-0.39, 0.29) is 11.7 Å². The number of nitrogens with zero attached hydrogens (tertiary/aromatic N) is 2. The number of hydrogen-bond donors (Lipinski definition) is 2. The second-order valence-corrected chi connectivity index (χ2v) is 4.63. The van der Waals surface area contributed by atoms with Crippen molar-refractivity contribution in [2.24, 2.45) is 0 Å². The third-order valence-electron chi connectivity index (χ3n) is 3.15. The van der Waals surface area contributed by atoms with Crippen molar-refractivity contribution in [1.82, 2.24) is 15.2 Å². The van der Waals surface area contributed by atoms with Crippen molar-refractivity contribution < 1.29 is 4.79 Å². The van der Waals surface area contributed by atoms with Crippen LogP contribution in [0.2, 0.25) is 0 Å². The third kappa shape index (κ3) is 3.19. The van der Waals surface area contributed by atoms with Gasteiger partial charge >= 0.3 is 0 Å². The fourth-order valence-corrected chi connectivity index (χ4v) is 1.76. The van der Waals surface area contributed by atoms with E-state index in [1.807, 2.05) is 24.3 Å². The number of carbonyl (C=O) groups excluding carboxylic acids is 1. The molecule has 0 bridgehead atoms. The highest BCUT2D eigenvalue weighted by Crippen LogP contribution is 2.20. The zero-order chi connectivity index (χ0) is 13.8. The lowest BCUT2D eigenvalue weighted by Gasteiger charge is -2.09. The van der Waals surface area contributed by atoms with E-state index in [4.69, 9.17) is 0 Å². The molecule has 1 amide bonds. The summed E-state index contributed by atoms with van der Waals surface area (Å²) in [6, 6.07) is 7.87. The Labute approximate surface area is 112 Å². The van der Waals surface area contributed by atoms with Gasteiger partial charge in [-0.25, -0.2) is 4.98 Å². The summed E-state index contributed by atoms with van der Waals surface area (Å²) < 4.78 is 0. The van der Waals surface area contributed by atoms with Crippen LogP contribution in [0.15, 0.2) is 24.3 Å². The number of H-pyrrole nitrogens is 1. The van der Waals surface area contributed by atoms with E-state index in [0.29, 0.717) is 11.7 Å². The smallest absolute Gasteiger partial charge is 0.295 e. The summed E-state index contributed by atoms with van der Waals surface area (Å²) in [4.78, 5) is 15.8. The van der Waals surface area contributed by atoms with Crippen molar-refractivity contribution in [3.05, 3.63) is 41.5 Å². The second-order valence-electron chi connectivity index (χ2n) is 4.63. The first-order valence-corrected chi connectivity index (χ1v) is 6.40. The quantitative estimate of drug-likeness (QED) is 0.885. The Morgan fingerprint density at radius 1 is 1.37 bits per heavy atom. The summed E-state index contributed by atoms with van der Waals surface area (Å²) in [5, 5.41) is 9.24. The number of aromatic amines is 1. The number of hydrogen-bond acceptors (Lipinski definition) is 3. The van der Waals surface area contributed by atoms with Gasteiger partial charge in [0.05, 0.1) is 0 Å². The monoisotopic (exact) mass is 258 g/mol. The van der Waals surface area contributed by atoms with Crippen molar-refractivity contribution in [1.29, 1.82) is 0 Å². The summed E-state index contributed by atoms with van der Waals surface area (Å²) in [6.45, 7) is 6.10. The van der Waals surface area contributed by atoms with Gasteiger partial charge in [-0.3, -0.25) is 9.89 Å². The van der Waals surface area contributed by atoms with E-state index >= 15 is 0 Å². The predicted octanol–water partition coefficient (Wildman–Crippen LogP) is 2.88. The number of nitrogens with one attached hydrogen (secondary N) is 2. The van der Waals surface area contributed by atoms with Crippen LogP contribution in [0.5, 0.6) is 0 Å². The lowest BCUT2D eigenvalue weighted by molar-refractivity contribution is 0.101. The maximum absolute atomic E-state index is 11.8. The minimum Gasteiger partial charge on any atom is -0.319 e. The Bertz CT molecular complexity index is 559. The molecule has 100 valence electrons. The normalized spacial score (nSPS) is 12.2. The Kier molecular flexibility index (Phi) is 3.94. The molecule has 0 aliphatic carbocycles. The predicted molar refractivity (Wildman–Crippen MR) is 74.2 cm³/mol. The molecule has 0 aliphatic heterocycles. The zero-order valence-corrected chi connectivity index (χ0v) is 11.4. The lowest BCUT2D eigenvalue weighted by Crippen LogP contribution is -2.13. The highest BCUT2D eigenvalue weighted by molar-refractivity contribution is 6.01. The Morgan fingerprint density at radius 3 is 2.58 bits per heavy atom. The number of benzene rings is 1. The molecule has 2 aromatic rings. The van der Waals surface area contributed by atoms with Crippen molar-refractivity contribution >= 4 is 11.6 Å². The molecular formula is C14H18N4O. The molecule has 2 N–H and O–H groups in total. The number of anilines is 1. The molecule has 1 unspecified atom stereocenters. The van der Waals surface area contributed by atoms with Crippen LogP contribution in [0.25, 0.3) is 0 Å². The van der Waals surface area contributed by atoms with E-state index in [1.54, 1.807) is 6.92 Å². The number of aromatic nitrogens is 3. The molecule has 0 spiro atoms. The van der Waals surface area contributed by atoms with E-state index in [1.165, 1.54) is 5.56 Å². The van der Waals surface area contributed by atoms with E-state index < -0.39 is 0 Å². The number of amides is 1. The van der Waals surface area contributed by atoms with E-state index in [2.05, 4.69) is 34.3 Å². The van der Waals surface area contributed by atoms with Gasteiger partial charge in [0.1, 0.15) is 5.82 Å². The molecule has 0 saturated heterocycles. The largest absolute Gasteiger partial charge is 0.319 e. The molecule has 1 heterocycles. The average molecular weight is 258 g/mol. The van der Waals surface area contributed by atoms with E-state index in [9.17, 15) is 4.79 Å². The highest BCUT2D eigenvalue weighted by Gasteiger charge is 2.11. The van der Waals surface area contributed by atoms with Crippen LogP contribution in [0.1, 0.15) is 48.2 Å². The zero-order valence-electron chi connectivity index (χ0n) is 11.4. The van der Waals surface area contributed by atoms with Crippen molar-refractivity contribution in [3.8, 4) is 0 Å². The van der Waals surface area contributed by atoms with Gasteiger partial charge in [0.25, 0.3) is 5.91 Å². The summed E-state index contributed by atoms with van der Waals surface area (Å²) in [7, 11) is 0. The first kappa shape index (κ1) is 13.3. The number of carbonyl (C=O) groups is 1. The molecule has 5 heteroatoms.